The van der Waals surface area contributed by atoms with Crippen LogP contribution in [0.4, 0.5) is 0 Å². The molecule has 2 aliphatic rings. The maximum absolute atomic E-state index is 6.84. The molecule has 1 unspecified atom stereocenters. The van der Waals surface area contributed by atoms with Crippen molar-refractivity contribution in [1.82, 2.24) is 0 Å². The number of benzene rings is 1. The van der Waals surface area contributed by atoms with E-state index in [1.807, 2.05) is 0 Å². The van der Waals surface area contributed by atoms with Crippen LogP contribution >= 0.6 is 24.0 Å². The van der Waals surface area contributed by atoms with Crippen LogP contribution in [0.5, 0.6) is 0 Å². The summed E-state index contributed by atoms with van der Waals surface area (Å²) in [5.74, 6) is 1.73. The Morgan fingerprint density at radius 2 is 1.70 bits per heavy atom. The highest BCUT2D eigenvalue weighted by atomic mass is 35.5. The third kappa shape index (κ3) is 6.50. The average molecular weight is 453 g/mol. The van der Waals surface area contributed by atoms with Gasteiger partial charge in [-0.05, 0) is 90.8 Å². The lowest BCUT2D eigenvalue weighted by molar-refractivity contribution is 0.0969. The molecule has 2 fully saturated rings. The minimum absolute atomic E-state index is 0. The van der Waals surface area contributed by atoms with E-state index in [1.54, 1.807) is 0 Å². The first-order valence-corrected chi connectivity index (χ1v) is 12.1. The fourth-order valence-corrected chi connectivity index (χ4v) is 7.06. The second-order valence-corrected chi connectivity index (χ2v) is 11.9. The van der Waals surface area contributed by atoms with Gasteiger partial charge in [-0.1, -0.05) is 82.8 Å². The van der Waals surface area contributed by atoms with Gasteiger partial charge in [0.2, 0.25) is 0 Å². The average Bonchev–Trinajstić information content (AvgIpc) is 2.60. The summed E-state index contributed by atoms with van der Waals surface area (Å²) in [7, 11) is 0. The third-order valence-corrected chi connectivity index (χ3v) is 7.82. The van der Waals surface area contributed by atoms with Crippen LogP contribution in [0.25, 0.3) is 0 Å². The van der Waals surface area contributed by atoms with Crippen LogP contribution in [0.3, 0.4) is 0 Å². The van der Waals surface area contributed by atoms with Crippen LogP contribution in [-0.2, 0) is 6.42 Å². The molecule has 1 aromatic carbocycles. The summed E-state index contributed by atoms with van der Waals surface area (Å²) in [5.41, 5.74) is 10.8. The first-order valence-electron chi connectivity index (χ1n) is 11.8. The highest BCUT2D eigenvalue weighted by Crippen LogP contribution is 2.52. The molecular formula is C27H43Cl2N. The summed E-state index contributed by atoms with van der Waals surface area (Å²) < 4.78 is 0. The normalized spacial score (nSPS) is 22.9. The molecule has 0 saturated heterocycles. The second kappa shape index (κ2) is 10.4. The van der Waals surface area contributed by atoms with Crippen molar-refractivity contribution in [3.8, 4) is 0 Å². The Morgan fingerprint density at radius 3 is 2.23 bits per heavy atom. The van der Waals surface area contributed by atoms with E-state index in [-0.39, 0.29) is 12.4 Å². The van der Waals surface area contributed by atoms with Gasteiger partial charge in [-0.25, -0.2) is 0 Å². The Morgan fingerprint density at radius 1 is 1.10 bits per heavy atom. The van der Waals surface area contributed by atoms with E-state index >= 15 is 0 Å². The van der Waals surface area contributed by atoms with Gasteiger partial charge in [-0.3, -0.25) is 0 Å². The molecule has 0 radical (unpaired) electrons. The molecule has 3 heteroatoms. The first-order chi connectivity index (χ1) is 13.6. The minimum atomic E-state index is 0. The Labute approximate surface area is 196 Å². The topological polar surface area (TPSA) is 26.0 Å². The van der Waals surface area contributed by atoms with E-state index in [4.69, 9.17) is 17.3 Å². The lowest BCUT2D eigenvalue weighted by atomic mass is 9.60. The molecule has 0 amide bonds. The molecule has 1 aromatic rings. The van der Waals surface area contributed by atoms with Crippen molar-refractivity contribution in [2.45, 2.75) is 91.4 Å². The molecule has 170 valence electrons. The maximum atomic E-state index is 6.84. The van der Waals surface area contributed by atoms with Crippen molar-refractivity contribution >= 4 is 24.0 Å². The van der Waals surface area contributed by atoms with E-state index in [0.29, 0.717) is 22.7 Å². The molecular weight excluding hydrogens is 409 g/mol. The summed E-state index contributed by atoms with van der Waals surface area (Å²) in [6.45, 7) is 14.8. The van der Waals surface area contributed by atoms with Crippen molar-refractivity contribution in [1.29, 1.82) is 0 Å². The van der Waals surface area contributed by atoms with Gasteiger partial charge >= 0.3 is 0 Å². The standard InChI is InChI=1S/C27H42ClN.ClH/c1-19(24(17-29)21-9-7-6-8-10-21)13-20-11-12-23(25(28)14-20)22-15-26(2,3)18-27(4,5)16-22;/h11-12,14,21-22,24H,1,6-10,13,15-18,29H2,2-5H3;1H. The van der Waals surface area contributed by atoms with Gasteiger partial charge in [-0.2, -0.15) is 0 Å². The van der Waals surface area contributed by atoms with Crippen molar-refractivity contribution in [3.63, 3.8) is 0 Å². The first kappa shape index (κ1) is 25.8. The summed E-state index contributed by atoms with van der Waals surface area (Å²) in [6.07, 6.45) is 11.3. The summed E-state index contributed by atoms with van der Waals surface area (Å²) >= 11 is 6.84. The number of halogens is 2. The van der Waals surface area contributed by atoms with Gasteiger partial charge in [0.15, 0.2) is 0 Å². The van der Waals surface area contributed by atoms with Gasteiger partial charge < -0.3 is 5.73 Å². The Hall–Kier alpha value is -0.500. The number of nitrogens with two attached hydrogens (primary N) is 1. The molecule has 0 aliphatic heterocycles. The zero-order chi connectivity index (χ0) is 21.2. The molecule has 2 N–H and O–H groups in total. The predicted octanol–water partition coefficient (Wildman–Crippen LogP) is 8.34. The minimum Gasteiger partial charge on any atom is -0.330 e. The van der Waals surface area contributed by atoms with E-state index in [9.17, 15) is 0 Å². The van der Waals surface area contributed by atoms with Gasteiger partial charge in [0, 0.05) is 5.02 Å². The van der Waals surface area contributed by atoms with Crippen LogP contribution in [0.2, 0.25) is 5.02 Å². The van der Waals surface area contributed by atoms with E-state index in [2.05, 4.69) is 52.5 Å². The zero-order valence-electron chi connectivity index (χ0n) is 19.6. The summed E-state index contributed by atoms with van der Waals surface area (Å²) in [5, 5.41) is 0.941. The number of hydrogen-bond acceptors (Lipinski definition) is 1. The molecule has 0 spiro atoms. The monoisotopic (exact) mass is 451 g/mol. The lowest BCUT2D eigenvalue weighted by Gasteiger charge is -2.45. The lowest BCUT2D eigenvalue weighted by Crippen LogP contribution is -2.33. The Kier molecular flexibility index (Phi) is 8.94. The van der Waals surface area contributed by atoms with Crippen molar-refractivity contribution in [3.05, 3.63) is 46.5 Å². The van der Waals surface area contributed by atoms with E-state index in [1.165, 1.54) is 68.1 Å². The molecule has 1 atom stereocenters. The van der Waals surface area contributed by atoms with Crippen LogP contribution in [0.15, 0.2) is 30.4 Å². The highest BCUT2D eigenvalue weighted by molar-refractivity contribution is 6.31. The largest absolute Gasteiger partial charge is 0.330 e. The third-order valence-electron chi connectivity index (χ3n) is 7.49. The van der Waals surface area contributed by atoms with Crippen LogP contribution in [0.1, 0.15) is 96.1 Å². The van der Waals surface area contributed by atoms with Gasteiger partial charge in [0.05, 0.1) is 0 Å². The molecule has 3 rings (SSSR count). The van der Waals surface area contributed by atoms with Crippen molar-refractivity contribution in [2.24, 2.45) is 28.4 Å². The molecule has 1 nitrogen and oxygen atoms in total. The van der Waals surface area contributed by atoms with Crippen LogP contribution in [-0.4, -0.2) is 6.54 Å². The van der Waals surface area contributed by atoms with Gasteiger partial charge in [0.1, 0.15) is 0 Å². The summed E-state index contributed by atoms with van der Waals surface area (Å²) in [4.78, 5) is 0. The molecule has 2 aliphatic carbocycles. The molecule has 0 heterocycles. The second-order valence-electron chi connectivity index (χ2n) is 11.5. The van der Waals surface area contributed by atoms with Crippen molar-refractivity contribution < 1.29 is 0 Å². The highest BCUT2D eigenvalue weighted by Gasteiger charge is 2.39. The van der Waals surface area contributed by atoms with Gasteiger partial charge in [-0.15, -0.1) is 12.4 Å². The van der Waals surface area contributed by atoms with Crippen LogP contribution < -0.4 is 5.73 Å². The Balaban J connectivity index is 0.00000320. The fourth-order valence-electron chi connectivity index (χ4n) is 6.70. The Bertz CT molecular complexity index is 700. The van der Waals surface area contributed by atoms with Crippen molar-refractivity contribution in [2.75, 3.05) is 6.54 Å². The smallest absolute Gasteiger partial charge is 0.0443 e. The number of rotatable bonds is 6. The maximum Gasteiger partial charge on any atom is 0.0443 e. The van der Waals surface area contributed by atoms with Gasteiger partial charge in [0.25, 0.3) is 0 Å². The number of hydrogen-bond donors (Lipinski definition) is 1. The molecule has 2 saturated carbocycles. The summed E-state index contributed by atoms with van der Waals surface area (Å²) in [6, 6.07) is 6.78. The SMILES string of the molecule is C=C(Cc1ccc(C2CC(C)(C)CC(C)(C)C2)c(Cl)c1)C(CN)C1CCCCC1.Cl. The van der Waals surface area contributed by atoms with Crippen LogP contribution in [0, 0.1) is 22.7 Å². The molecule has 0 aromatic heterocycles. The predicted molar refractivity (Wildman–Crippen MR) is 135 cm³/mol. The quantitative estimate of drug-likeness (QED) is 0.431. The molecule has 30 heavy (non-hydrogen) atoms. The zero-order valence-corrected chi connectivity index (χ0v) is 21.2. The van der Waals surface area contributed by atoms with E-state index < -0.39 is 0 Å². The molecule has 0 bridgehead atoms. The fraction of sp³-hybridized carbons (Fsp3) is 0.704. The van der Waals surface area contributed by atoms with E-state index in [0.717, 1.165) is 23.9 Å².